The van der Waals surface area contributed by atoms with Gasteiger partial charge in [0.2, 0.25) is 5.91 Å². The molecule has 3 aromatic carbocycles. The molecule has 1 aliphatic heterocycles. The molecule has 1 aliphatic rings. The summed E-state index contributed by atoms with van der Waals surface area (Å²) in [4.78, 5) is 44.0. The summed E-state index contributed by atoms with van der Waals surface area (Å²) < 4.78 is 0. The van der Waals surface area contributed by atoms with Gasteiger partial charge < -0.3 is 5.32 Å². The molecule has 0 unspecified atom stereocenters. The second-order valence-corrected chi connectivity index (χ2v) is 9.49. The van der Waals surface area contributed by atoms with Crippen molar-refractivity contribution in [3.05, 3.63) is 81.1 Å². The van der Waals surface area contributed by atoms with Crippen LogP contribution >= 0.6 is 34.5 Å². The number of amides is 3. The average Bonchev–Trinajstić information content (AvgIpc) is 3.27. The molecule has 0 atom stereocenters. The topological polar surface area (TPSA) is 79.4 Å². The first-order valence-corrected chi connectivity index (χ1v) is 12.1. The lowest BCUT2D eigenvalue weighted by Crippen LogP contribution is -2.41. The molecule has 4 aromatic rings. The van der Waals surface area contributed by atoms with Crippen molar-refractivity contribution in [1.82, 2.24) is 9.88 Å². The zero-order valence-corrected chi connectivity index (χ0v) is 20.0. The van der Waals surface area contributed by atoms with Crippen LogP contribution in [0.25, 0.3) is 22.0 Å². The summed E-state index contributed by atoms with van der Waals surface area (Å²) in [6, 6.07) is 16.0. The number of hydrogen-bond donors (Lipinski definition) is 1. The van der Waals surface area contributed by atoms with Crippen LogP contribution in [0.5, 0.6) is 0 Å². The average molecular weight is 510 g/mol. The van der Waals surface area contributed by atoms with Crippen LogP contribution in [0.15, 0.2) is 60.0 Å². The molecule has 5 rings (SSSR count). The maximum Gasteiger partial charge on any atom is 0.261 e. The Morgan fingerprint density at radius 3 is 2.35 bits per heavy atom. The number of aromatic nitrogens is 1. The summed E-state index contributed by atoms with van der Waals surface area (Å²) in [6.07, 6.45) is 0.474. The molecule has 2 heterocycles. The van der Waals surface area contributed by atoms with Crippen molar-refractivity contribution < 1.29 is 14.4 Å². The van der Waals surface area contributed by atoms with Gasteiger partial charge in [0.25, 0.3) is 11.8 Å². The van der Waals surface area contributed by atoms with Gasteiger partial charge >= 0.3 is 0 Å². The lowest BCUT2D eigenvalue weighted by molar-refractivity contribution is -0.116. The van der Waals surface area contributed by atoms with E-state index < -0.39 is 0 Å². The van der Waals surface area contributed by atoms with E-state index in [1.54, 1.807) is 47.8 Å². The van der Waals surface area contributed by atoms with Crippen molar-refractivity contribution in [2.24, 2.45) is 0 Å². The van der Waals surface area contributed by atoms with E-state index in [-0.39, 0.29) is 30.7 Å². The Bertz CT molecular complexity index is 1420. The minimum atomic E-state index is -0.334. The van der Waals surface area contributed by atoms with E-state index in [9.17, 15) is 14.4 Å². The molecule has 9 heteroatoms. The summed E-state index contributed by atoms with van der Waals surface area (Å²) in [5, 5.41) is 7.56. The van der Waals surface area contributed by atoms with Gasteiger partial charge in [0.1, 0.15) is 0 Å². The highest BCUT2D eigenvalue weighted by molar-refractivity contribution is 7.14. The van der Waals surface area contributed by atoms with Gasteiger partial charge in [-0.05, 0) is 42.1 Å². The molecular weight excluding hydrogens is 493 g/mol. The zero-order valence-electron chi connectivity index (χ0n) is 17.7. The van der Waals surface area contributed by atoms with Gasteiger partial charge in [-0.15, -0.1) is 11.3 Å². The summed E-state index contributed by atoms with van der Waals surface area (Å²) >= 11 is 13.5. The third-order valence-corrected chi connectivity index (χ3v) is 6.90. The fourth-order valence-corrected chi connectivity index (χ4v) is 5.25. The Kier molecular flexibility index (Phi) is 6.08. The quantitative estimate of drug-likeness (QED) is 0.310. The summed E-state index contributed by atoms with van der Waals surface area (Å²) in [7, 11) is 0. The zero-order chi connectivity index (χ0) is 23.8. The molecular formula is C25H17Cl2N3O3S. The SMILES string of the molecule is O=C(CCCN1C(=O)c2cccc3cccc(c23)C1=O)Nc1nc(-c2ccc(Cl)cc2Cl)cs1. The maximum atomic E-state index is 12.9. The lowest BCUT2D eigenvalue weighted by atomic mass is 9.94. The lowest BCUT2D eigenvalue weighted by Gasteiger charge is -2.27. The minimum absolute atomic E-state index is 0.138. The van der Waals surface area contributed by atoms with Crippen molar-refractivity contribution in [3.63, 3.8) is 0 Å². The Morgan fingerprint density at radius 1 is 0.971 bits per heavy atom. The Labute approximate surface area is 209 Å². The molecule has 170 valence electrons. The van der Waals surface area contributed by atoms with Crippen molar-refractivity contribution in [2.45, 2.75) is 12.8 Å². The van der Waals surface area contributed by atoms with Gasteiger partial charge in [0.15, 0.2) is 5.13 Å². The molecule has 1 aromatic heterocycles. The number of thiazole rings is 1. The molecule has 34 heavy (non-hydrogen) atoms. The van der Waals surface area contributed by atoms with Crippen molar-refractivity contribution >= 4 is 68.2 Å². The molecule has 0 spiro atoms. The Hall–Kier alpha value is -3.26. The number of hydrogen-bond acceptors (Lipinski definition) is 5. The predicted octanol–water partition coefficient (Wildman–Crippen LogP) is 6.29. The number of imide groups is 1. The predicted molar refractivity (Wildman–Crippen MR) is 135 cm³/mol. The number of carbonyl (C=O) groups excluding carboxylic acids is 3. The molecule has 0 fully saturated rings. The normalized spacial score (nSPS) is 12.9. The molecule has 1 N–H and O–H groups in total. The highest BCUT2D eigenvalue weighted by Crippen LogP contribution is 2.33. The second-order valence-electron chi connectivity index (χ2n) is 7.78. The first-order chi connectivity index (χ1) is 16.4. The fourth-order valence-electron chi connectivity index (χ4n) is 4.02. The van der Waals surface area contributed by atoms with Gasteiger partial charge in [0, 0.05) is 45.4 Å². The largest absolute Gasteiger partial charge is 0.302 e. The highest BCUT2D eigenvalue weighted by Gasteiger charge is 2.32. The van der Waals surface area contributed by atoms with Crippen LogP contribution in [-0.4, -0.2) is 34.2 Å². The van der Waals surface area contributed by atoms with Crippen LogP contribution < -0.4 is 5.32 Å². The van der Waals surface area contributed by atoms with Crippen molar-refractivity contribution in [2.75, 3.05) is 11.9 Å². The minimum Gasteiger partial charge on any atom is -0.302 e. The van der Waals surface area contributed by atoms with Gasteiger partial charge in [0.05, 0.1) is 10.7 Å². The third-order valence-electron chi connectivity index (χ3n) is 5.60. The van der Waals surface area contributed by atoms with Gasteiger partial charge in [-0.1, -0.05) is 47.5 Å². The summed E-state index contributed by atoms with van der Waals surface area (Å²) in [5.41, 5.74) is 2.38. The molecule has 6 nitrogen and oxygen atoms in total. The van der Waals surface area contributed by atoms with Crippen molar-refractivity contribution in [1.29, 1.82) is 0 Å². The van der Waals surface area contributed by atoms with Gasteiger partial charge in [-0.3, -0.25) is 19.3 Å². The van der Waals surface area contributed by atoms with E-state index in [2.05, 4.69) is 10.3 Å². The van der Waals surface area contributed by atoms with Crippen LogP contribution in [0.3, 0.4) is 0 Å². The maximum absolute atomic E-state index is 12.9. The smallest absolute Gasteiger partial charge is 0.261 e. The van der Waals surface area contributed by atoms with Gasteiger partial charge in [-0.2, -0.15) is 0 Å². The number of halogens is 2. The number of carbonyl (C=O) groups is 3. The van der Waals surface area contributed by atoms with E-state index in [1.807, 2.05) is 12.1 Å². The molecule has 0 radical (unpaired) electrons. The van der Waals surface area contributed by atoms with E-state index in [0.717, 1.165) is 10.9 Å². The van der Waals surface area contributed by atoms with Crippen LogP contribution in [-0.2, 0) is 4.79 Å². The van der Waals surface area contributed by atoms with E-state index in [1.165, 1.54) is 16.2 Å². The van der Waals surface area contributed by atoms with Gasteiger partial charge in [-0.25, -0.2) is 4.98 Å². The molecule has 0 aliphatic carbocycles. The van der Waals surface area contributed by atoms with Crippen LogP contribution in [0.1, 0.15) is 33.6 Å². The summed E-state index contributed by atoms with van der Waals surface area (Å²) in [6.45, 7) is 0.152. The Balaban J connectivity index is 1.21. The number of rotatable bonds is 6. The standard InChI is InChI=1S/C25H17Cl2N3O3S/c26-15-9-10-16(19(27)12-15)20-13-34-25(28-20)29-21(31)8-3-11-30-23(32)17-6-1-4-14-5-2-7-18(22(14)17)24(30)33/h1-2,4-7,9-10,12-13H,3,8,11H2,(H,28,29,31). The second kappa shape index (κ2) is 9.18. The van der Waals surface area contributed by atoms with Crippen LogP contribution in [0, 0.1) is 0 Å². The first kappa shape index (κ1) is 22.5. The van der Waals surface area contributed by atoms with Crippen LogP contribution in [0.2, 0.25) is 10.0 Å². The molecule has 0 saturated heterocycles. The number of nitrogens with zero attached hydrogens (tertiary/aromatic N) is 2. The van der Waals surface area contributed by atoms with Crippen molar-refractivity contribution in [3.8, 4) is 11.3 Å². The third kappa shape index (κ3) is 4.18. The molecule has 0 bridgehead atoms. The van der Waals surface area contributed by atoms with Crippen LogP contribution in [0.4, 0.5) is 5.13 Å². The number of nitrogens with one attached hydrogen (secondary N) is 1. The number of benzene rings is 3. The Morgan fingerprint density at radius 2 is 1.68 bits per heavy atom. The van der Waals surface area contributed by atoms with E-state index in [0.29, 0.717) is 43.8 Å². The van der Waals surface area contributed by atoms with E-state index in [4.69, 9.17) is 23.2 Å². The fraction of sp³-hybridized carbons (Fsp3) is 0.120. The van der Waals surface area contributed by atoms with E-state index >= 15 is 0 Å². The monoisotopic (exact) mass is 509 g/mol. The molecule has 0 saturated carbocycles. The highest BCUT2D eigenvalue weighted by atomic mass is 35.5. The first-order valence-electron chi connectivity index (χ1n) is 10.5. The number of anilines is 1. The molecule has 3 amide bonds. The summed E-state index contributed by atoms with van der Waals surface area (Å²) in [5.74, 6) is -0.916.